The second-order valence-electron chi connectivity index (χ2n) is 5.29. The molecule has 136 valence electrons. The Hall–Kier alpha value is -1.84. The molecule has 0 atom stereocenters. The molecule has 25 heavy (non-hydrogen) atoms. The van der Waals surface area contributed by atoms with Gasteiger partial charge in [-0.05, 0) is 30.2 Å². The van der Waals surface area contributed by atoms with Gasteiger partial charge >= 0.3 is 11.9 Å². The summed E-state index contributed by atoms with van der Waals surface area (Å²) in [5.74, 6) is -0.303. The van der Waals surface area contributed by atoms with Gasteiger partial charge in [-0.1, -0.05) is 0 Å². The highest BCUT2D eigenvalue weighted by molar-refractivity contribution is 7.99. The topological polar surface area (TPSA) is 116 Å². The third-order valence-corrected chi connectivity index (χ3v) is 4.85. The highest BCUT2D eigenvalue weighted by Crippen LogP contribution is 2.36. The van der Waals surface area contributed by atoms with E-state index in [1.807, 2.05) is 11.8 Å². The minimum Gasteiger partial charge on any atom is -0.478 e. The minimum atomic E-state index is -1.26. The van der Waals surface area contributed by atoms with Crippen LogP contribution in [0.4, 0.5) is 5.82 Å². The van der Waals surface area contributed by atoms with Crippen LogP contribution in [0.25, 0.3) is 0 Å². The Morgan fingerprint density at radius 3 is 2.40 bits per heavy atom. The van der Waals surface area contributed by atoms with Gasteiger partial charge in [-0.15, -0.1) is 11.8 Å². The molecule has 0 saturated carbocycles. The fourth-order valence-electron chi connectivity index (χ4n) is 2.42. The van der Waals surface area contributed by atoms with Crippen LogP contribution >= 0.6 is 23.4 Å². The molecule has 3 rings (SSSR count). The minimum absolute atomic E-state index is 0.389. The predicted octanol–water partition coefficient (Wildman–Crippen LogP) is 1.29. The van der Waals surface area contributed by atoms with Crippen molar-refractivity contribution in [1.82, 2.24) is 15.3 Å². The number of carboxylic acids is 2. The third-order valence-electron chi connectivity index (χ3n) is 3.48. The number of hydrogen-bond donors (Lipinski definition) is 3. The second kappa shape index (κ2) is 9.59. The molecule has 8 nitrogen and oxygen atoms in total. The molecule has 0 radical (unpaired) electrons. The van der Waals surface area contributed by atoms with Gasteiger partial charge in [-0.2, -0.15) is 4.98 Å². The first kappa shape index (κ1) is 19.5. The zero-order valence-corrected chi connectivity index (χ0v) is 15.0. The molecular formula is C15H19ClN4O4S. The van der Waals surface area contributed by atoms with E-state index in [9.17, 15) is 9.59 Å². The lowest BCUT2D eigenvalue weighted by atomic mass is 10.2. The smallest absolute Gasteiger partial charge is 0.328 e. The molecule has 1 aromatic rings. The summed E-state index contributed by atoms with van der Waals surface area (Å²) in [5.41, 5.74) is 1.13. The Balaban J connectivity index is 0.000000242. The predicted molar refractivity (Wildman–Crippen MR) is 95.6 cm³/mol. The number of nitrogens with zero attached hydrogens (tertiary/aromatic N) is 3. The van der Waals surface area contributed by atoms with Crippen LogP contribution < -0.4 is 10.2 Å². The number of fused-ring (bicyclic) bond motifs is 1. The lowest BCUT2D eigenvalue weighted by molar-refractivity contribution is -0.134. The molecule has 3 heterocycles. The summed E-state index contributed by atoms with van der Waals surface area (Å²) in [6.45, 7) is 4.03. The summed E-state index contributed by atoms with van der Waals surface area (Å²) in [6.07, 6.45) is 3.33. The number of piperazine rings is 1. The quantitative estimate of drug-likeness (QED) is 0.521. The van der Waals surface area contributed by atoms with Gasteiger partial charge in [0.25, 0.3) is 0 Å². The number of aliphatic carboxylic acids is 2. The maximum atomic E-state index is 9.55. The standard InChI is InChI=1S/C11H15ClN4S.C4H4O4/c12-11-14-8-2-1-7-17-9(8)10(15-11)16-5-3-13-4-6-16;5-3(6)1-2-4(7)8/h13H,1-7H2;1-2H,(H,5,6)(H,7,8). The highest BCUT2D eigenvalue weighted by Gasteiger charge is 2.22. The van der Waals surface area contributed by atoms with Crippen molar-refractivity contribution in [3.8, 4) is 0 Å². The molecule has 0 amide bonds. The molecule has 0 aromatic carbocycles. The number of hydrogen-bond acceptors (Lipinski definition) is 7. The Morgan fingerprint density at radius 1 is 1.16 bits per heavy atom. The number of thioether (sulfide) groups is 1. The third kappa shape index (κ3) is 6.18. The number of aromatic nitrogens is 2. The maximum absolute atomic E-state index is 9.55. The number of halogens is 1. The zero-order valence-electron chi connectivity index (χ0n) is 13.4. The van der Waals surface area contributed by atoms with E-state index >= 15 is 0 Å². The Bertz CT molecular complexity index is 649. The summed E-state index contributed by atoms with van der Waals surface area (Å²) in [7, 11) is 0. The van der Waals surface area contributed by atoms with Crippen LogP contribution in [-0.4, -0.2) is 64.1 Å². The van der Waals surface area contributed by atoms with E-state index < -0.39 is 11.9 Å². The zero-order chi connectivity index (χ0) is 18.2. The van der Waals surface area contributed by atoms with Gasteiger partial charge in [0.2, 0.25) is 5.28 Å². The fraction of sp³-hybridized carbons (Fsp3) is 0.467. The number of carboxylic acid groups (broad SMARTS) is 2. The van der Waals surface area contributed by atoms with Crippen molar-refractivity contribution in [2.24, 2.45) is 0 Å². The van der Waals surface area contributed by atoms with Crippen LogP contribution in [0, 0.1) is 0 Å². The van der Waals surface area contributed by atoms with Gasteiger partial charge < -0.3 is 20.4 Å². The monoisotopic (exact) mass is 386 g/mol. The normalized spacial score (nSPS) is 16.8. The van der Waals surface area contributed by atoms with Crippen molar-refractivity contribution in [3.05, 3.63) is 23.1 Å². The average molecular weight is 387 g/mol. The lowest BCUT2D eigenvalue weighted by Crippen LogP contribution is -2.44. The van der Waals surface area contributed by atoms with Crippen LogP contribution in [0.1, 0.15) is 12.1 Å². The largest absolute Gasteiger partial charge is 0.478 e. The van der Waals surface area contributed by atoms with E-state index in [-0.39, 0.29) is 0 Å². The van der Waals surface area contributed by atoms with Crippen LogP contribution in [0.15, 0.2) is 17.0 Å². The van der Waals surface area contributed by atoms with Crippen LogP contribution in [-0.2, 0) is 16.0 Å². The molecule has 1 fully saturated rings. The van der Waals surface area contributed by atoms with Gasteiger partial charge in [0.15, 0.2) is 0 Å². The van der Waals surface area contributed by atoms with Crippen LogP contribution in [0.5, 0.6) is 0 Å². The SMILES string of the molecule is Clc1nc2c(c(N3CCNCC3)n1)SCCC2.O=C(O)C=CC(=O)O. The first-order chi connectivity index (χ1) is 12.0. The second-order valence-corrected chi connectivity index (χ2v) is 6.73. The van der Waals surface area contributed by atoms with E-state index in [4.69, 9.17) is 21.8 Å². The molecule has 10 heteroatoms. The van der Waals surface area contributed by atoms with Crippen molar-refractivity contribution in [3.63, 3.8) is 0 Å². The van der Waals surface area contributed by atoms with Gasteiger partial charge in [-0.25, -0.2) is 14.6 Å². The molecule has 1 saturated heterocycles. The van der Waals surface area contributed by atoms with Crippen LogP contribution in [0.2, 0.25) is 5.28 Å². The van der Waals surface area contributed by atoms with Crippen molar-refractivity contribution in [1.29, 1.82) is 0 Å². The molecule has 0 unspecified atom stereocenters. The van der Waals surface area contributed by atoms with E-state index in [2.05, 4.69) is 20.2 Å². The number of rotatable bonds is 3. The first-order valence-corrected chi connectivity index (χ1v) is 9.12. The summed E-state index contributed by atoms with van der Waals surface area (Å²) >= 11 is 7.90. The summed E-state index contributed by atoms with van der Waals surface area (Å²) in [6, 6.07) is 0. The molecule has 2 aliphatic heterocycles. The molecule has 2 aliphatic rings. The lowest BCUT2D eigenvalue weighted by Gasteiger charge is -2.31. The molecule has 0 spiro atoms. The van der Waals surface area contributed by atoms with Gasteiger partial charge in [0.1, 0.15) is 5.82 Å². The van der Waals surface area contributed by atoms with Crippen molar-refractivity contribution >= 4 is 41.1 Å². The van der Waals surface area contributed by atoms with Gasteiger partial charge in [0, 0.05) is 38.3 Å². The van der Waals surface area contributed by atoms with E-state index in [1.165, 1.54) is 11.3 Å². The molecule has 3 N–H and O–H groups in total. The first-order valence-electron chi connectivity index (χ1n) is 7.76. The molecular weight excluding hydrogens is 368 g/mol. The molecule has 0 bridgehead atoms. The summed E-state index contributed by atoms with van der Waals surface area (Å²) in [5, 5.41) is 19.4. The Labute approximate surface area is 154 Å². The van der Waals surface area contributed by atoms with Crippen LogP contribution in [0.3, 0.4) is 0 Å². The fourth-order valence-corrected chi connectivity index (χ4v) is 3.71. The average Bonchev–Trinajstić information content (AvgIpc) is 2.60. The van der Waals surface area contributed by atoms with Crippen molar-refractivity contribution in [2.75, 3.05) is 36.8 Å². The maximum Gasteiger partial charge on any atom is 0.328 e. The molecule has 0 aliphatic carbocycles. The van der Waals surface area contributed by atoms with Crippen molar-refractivity contribution < 1.29 is 19.8 Å². The number of aryl methyl sites for hydroxylation is 1. The van der Waals surface area contributed by atoms with E-state index in [0.29, 0.717) is 17.4 Å². The highest BCUT2D eigenvalue weighted by atomic mass is 35.5. The summed E-state index contributed by atoms with van der Waals surface area (Å²) in [4.78, 5) is 31.5. The van der Waals surface area contributed by atoms with Gasteiger partial charge in [-0.3, -0.25) is 0 Å². The number of anilines is 1. The summed E-state index contributed by atoms with van der Waals surface area (Å²) < 4.78 is 0. The Morgan fingerprint density at radius 2 is 1.80 bits per heavy atom. The van der Waals surface area contributed by atoms with Crippen molar-refractivity contribution in [2.45, 2.75) is 17.7 Å². The number of nitrogens with one attached hydrogen (secondary N) is 1. The van der Waals surface area contributed by atoms with E-state index in [0.717, 1.165) is 49.9 Å². The van der Waals surface area contributed by atoms with E-state index in [1.54, 1.807) is 0 Å². The Kier molecular flexibility index (Phi) is 7.48. The number of carbonyl (C=O) groups is 2. The van der Waals surface area contributed by atoms with Gasteiger partial charge in [0.05, 0.1) is 10.6 Å². The molecule has 1 aromatic heterocycles.